The molecule has 3 aromatic rings. The monoisotopic (exact) mass is 426 g/mol. The van der Waals surface area contributed by atoms with Gasteiger partial charge in [0, 0.05) is 11.8 Å². The molecule has 0 atom stereocenters. The van der Waals surface area contributed by atoms with E-state index in [2.05, 4.69) is 5.32 Å². The molecule has 0 fully saturated rings. The van der Waals surface area contributed by atoms with E-state index in [1.807, 2.05) is 13.0 Å². The lowest BCUT2D eigenvalue weighted by Crippen LogP contribution is -2.13. The number of furan rings is 1. The molecule has 2 aromatic carbocycles. The van der Waals surface area contributed by atoms with E-state index >= 15 is 0 Å². The summed E-state index contributed by atoms with van der Waals surface area (Å²) in [5.41, 5.74) is 0.987. The standard InChI is InChI=1S/C22H16Cl2N2O3/c1-2-28-16-8-6-15(7-9-16)26-22(27)14(13-25)12-17-10-11-20(29-17)21-18(23)4-3-5-19(21)24/h3-12H,2H2,1H3,(H,26,27). The highest BCUT2D eigenvalue weighted by atomic mass is 35.5. The molecule has 1 heterocycles. The number of anilines is 1. The van der Waals surface area contributed by atoms with Crippen LogP contribution in [0.4, 0.5) is 5.69 Å². The van der Waals surface area contributed by atoms with E-state index in [0.717, 1.165) is 0 Å². The number of nitriles is 1. The molecule has 0 aliphatic rings. The zero-order valence-electron chi connectivity index (χ0n) is 15.4. The van der Waals surface area contributed by atoms with Crippen molar-refractivity contribution in [3.63, 3.8) is 0 Å². The van der Waals surface area contributed by atoms with Gasteiger partial charge in [-0.15, -0.1) is 0 Å². The first-order valence-electron chi connectivity index (χ1n) is 8.72. The quantitative estimate of drug-likeness (QED) is 0.376. The molecule has 0 radical (unpaired) electrons. The summed E-state index contributed by atoms with van der Waals surface area (Å²) in [6, 6.07) is 17.2. The summed E-state index contributed by atoms with van der Waals surface area (Å²) in [5.74, 6) is 0.915. The van der Waals surface area contributed by atoms with Crippen molar-refractivity contribution in [2.45, 2.75) is 6.92 Å². The van der Waals surface area contributed by atoms with Crippen LogP contribution >= 0.6 is 23.2 Å². The van der Waals surface area contributed by atoms with E-state index < -0.39 is 5.91 Å². The van der Waals surface area contributed by atoms with Crippen molar-refractivity contribution in [2.24, 2.45) is 0 Å². The molecule has 0 saturated heterocycles. The molecule has 0 spiro atoms. The first-order chi connectivity index (χ1) is 14.0. The number of nitrogens with one attached hydrogen (secondary N) is 1. The average Bonchev–Trinajstić information content (AvgIpc) is 3.16. The van der Waals surface area contributed by atoms with Crippen molar-refractivity contribution >= 4 is 40.9 Å². The third-order valence-electron chi connectivity index (χ3n) is 3.91. The van der Waals surface area contributed by atoms with Crippen molar-refractivity contribution in [1.82, 2.24) is 0 Å². The number of benzene rings is 2. The van der Waals surface area contributed by atoms with Crippen molar-refractivity contribution in [1.29, 1.82) is 5.26 Å². The van der Waals surface area contributed by atoms with Gasteiger partial charge in [0.15, 0.2) is 0 Å². The van der Waals surface area contributed by atoms with Crippen molar-refractivity contribution < 1.29 is 13.9 Å². The van der Waals surface area contributed by atoms with Gasteiger partial charge in [-0.25, -0.2) is 0 Å². The average molecular weight is 427 g/mol. The predicted octanol–water partition coefficient (Wildman–Crippen LogP) is 6.20. The van der Waals surface area contributed by atoms with Crippen LogP contribution in [0.25, 0.3) is 17.4 Å². The molecule has 7 heteroatoms. The number of ether oxygens (including phenoxy) is 1. The van der Waals surface area contributed by atoms with Crippen LogP contribution in [0, 0.1) is 11.3 Å². The van der Waals surface area contributed by atoms with E-state index in [0.29, 0.717) is 45.2 Å². The number of amides is 1. The van der Waals surface area contributed by atoms with Crippen LogP contribution in [-0.4, -0.2) is 12.5 Å². The predicted molar refractivity (Wildman–Crippen MR) is 114 cm³/mol. The summed E-state index contributed by atoms with van der Waals surface area (Å²) >= 11 is 12.4. The van der Waals surface area contributed by atoms with E-state index in [4.69, 9.17) is 32.4 Å². The second-order valence-corrected chi connectivity index (χ2v) is 6.69. The molecule has 146 valence electrons. The smallest absolute Gasteiger partial charge is 0.266 e. The van der Waals surface area contributed by atoms with Gasteiger partial charge in [-0.05, 0) is 55.5 Å². The number of nitrogens with zero attached hydrogens (tertiary/aromatic N) is 1. The minimum atomic E-state index is -0.551. The summed E-state index contributed by atoms with van der Waals surface area (Å²) in [6.45, 7) is 2.44. The SMILES string of the molecule is CCOc1ccc(NC(=O)C(C#N)=Cc2ccc(-c3c(Cl)cccc3Cl)o2)cc1. The van der Waals surface area contributed by atoms with Crippen LogP contribution in [0.1, 0.15) is 12.7 Å². The van der Waals surface area contributed by atoms with Crippen LogP contribution < -0.4 is 10.1 Å². The second kappa shape index (κ2) is 9.33. The lowest BCUT2D eigenvalue weighted by Gasteiger charge is -2.06. The lowest BCUT2D eigenvalue weighted by molar-refractivity contribution is -0.112. The maximum absolute atomic E-state index is 12.4. The molecule has 1 amide bonds. The van der Waals surface area contributed by atoms with Crippen LogP contribution in [0.3, 0.4) is 0 Å². The Balaban J connectivity index is 1.79. The molecule has 5 nitrogen and oxygen atoms in total. The molecule has 0 aliphatic carbocycles. The van der Waals surface area contributed by atoms with Gasteiger partial charge >= 0.3 is 0 Å². The number of hydrogen-bond acceptors (Lipinski definition) is 4. The Morgan fingerprint density at radius 2 is 1.83 bits per heavy atom. The van der Waals surface area contributed by atoms with E-state index in [9.17, 15) is 10.1 Å². The normalized spacial score (nSPS) is 11.0. The van der Waals surface area contributed by atoms with Gasteiger partial charge in [0.2, 0.25) is 0 Å². The molecule has 0 saturated carbocycles. The van der Waals surface area contributed by atoms with E-state index in [1.54, 1.807) is 54.6 Å². The number of halogens is 2. The minimum Gasteiger partial charge on any atom is -0.494 e. The third-order valence-corrected chi connectivity index (χ3v) is 4.54. The molecule has 0 unspecified atom stereocenters. The van der Waals surface area contributed by atoms with Crippen molar-refractivity contribution in [2.75, 3.05) is 11.9 Å². The molecular formula is C22H16Cl2N2O3. The molecule has 0 aliphatic heterocycles. The van der Waals surface area contributed by atoms with Gasteiger partial charge in [-0.3, -0.25) is 4.79 Å². The Bertz CT molecular complexity index is 1080. The Hall–Kier alpha value is -3.20. The number of carbonyl (C=O) groups is 1. The summed E-state index contributed by atoms with van der Waals surface area (Å²) in [5, 5.41) is 12.9. The van der Waals surface area contributed by atoms with Crippen LogP contribution in [-0.2, 0) is 4.79 Å². The first kappa shape index (κ1) is 20.5. The molecular weight excluding hydrogens is 411 g/mol. The highest BCUT2D eigenvalue weighted by molar-refractivity contribution is 6.39. The van der Waals surface area contributed by atoms with Gasteiger partial charge in [-0.2, -0.15) is 5.26 Å². The van der Waals surface area contributed by atoms with Gasteiger partial charge in [0.25, 0.3) is 5.91 Å². The summed E-state index contributed by atoms with van der Waals surface area (Å²) in [6.07, 6.45) is 1.36. The number of rotatable bonds is 6. The Morgan fingerprint density at radius 3 is 2.45 bits per heavy atom. The highest BCUT2D eigenvalue weighted by Crippen LogP contribution is 2.35. The molecule has 1 aromatic heterocycles. The first-order valence-corrected chi connectivity index (χ1v) is 9.47. The van der Waals surface area contributed by atoms with Crippen LogP contribution in [0.15, 0.2) is 64.6 Å². The summed E-state index contributed by atoms with van der Waals surface area (Å²) < 4.78 is 11.1. The number of hydrogen-bond donors (Lipinski definition) is 1. The number of carbonyl (C=O) groups excluding carboxylic acids is 1. The van der Waals surface area contributed by atoms with Gasteiger partial charge in [0.1, 0.15) is 28.9 Å². The fraction of sp³-hybridized carbons (Fsp3) is 0.0909. The Morgan fingerprint density at radius 1 is 1.14 bits per heavy atom. The molecule has 29 heavy (non-hydrogen) atoms. The zero-order chi connectivity index (χ0) is 20.8. The third kappa shape index (κ3) is 5.00. The zero-order valence-corrected chi connectivity index (χ0v) is 16.9. The highest BCUT2D eigenvalue weighted by Gasteiger charge is 2.14. The van der Waals surface area contributed by atoms with E-state index in [-0.39, 0.29) is 5.57 Å². The second-order valence-electron chi connectivity index (χ2n) is 5.88. The Kier molecular flexibility index (Phi) is 6.61. The minimum absolute atomic E-state index is 0.106. The largest absolute Gasteiger partial charge is 0.494 e. The summed E-state index contributed by atoms with van der Waals surface area (Å²) in [7, 11) is 0. The summed E-state index contributed by atoms with van der Waals surface area (Å²) in [4.78, 5) is 12.4. The van der Waals surface area contributed by atoms with Gasteiger partial charge < -0.3 is 14.5 Å². The fourth-order valence-electron chi connectivity index (χ4n) is 2.59. The van der Waals surface area contributed by atoms with Crippen LogP contribution in [0.2, 0.25) is 10.0 Å². The lowest BCUT2D eigenvalue weighted by atomic mass is 10.2. The maximum Gasteiger partial charge on any atom is 0.266 e. The topological polar surface area (TPSA) is 75.3 Å². The van der Waals surface area contributed by atoms with E-state index in [1.165, 1.54) is 6.08 Å². The Labute approximate surface area is 178 Å². The van der Waals surface area contributed by atoms with Gasteiger partial charge in [-0.1, -0.05) is 29.3 Å². The maximum atomic E-state index is 12.4. The van der Waals surface area contributed by atoms with Crippen LogP contribution in [0.5, 0.6) is 5.75 Å². The fourth-order valence-corrected chi connectivity index (χ4v) is 3.17. The molecule has 0 bridgehead atoms. The van der Waals surface area contributed by atoms with Crippen molar-refractivity contribution in [3.05, 3.63) is 76.0 Å². The molecule has 1 N–H and O–H groups in total. The molecule has 3 rings (SSSR count). The van der Waals surface area contributed by atoms with Crippen molar-refractivity contribution in [3.8, 4) is 23.1 Å². The van der Waals surface area contributed by atoms with Gasteiger partial charge in [0.05, 0.1) is 22.2 Å².